The number of anilines is 1. The topological polar surface area (TPSA) is 82.0 Å². The smallest absolute Gasteiger partial charge is 0.220 e. The van der Waals surface area contributed by atoms with Gasteiger partial charge in [0.05, 0.1) is 4.90 Å². The predicted octanol–water partition coefficient (Wildman–Crippen LogP) is 5.61. The number of nitriles is 1. The van der Waals surface area contributed by atoms with Crippen molar-refractivity contribution in [2.75, 3.05) is 5.32 Å². The van der Waals surface area contributed by atoms with Crippen LogP contribution in [0.1, 0.15) is 20.3 Å². The minimum atomic E-state index is -4.09. The molecule has 0 radical (unpaired) electrons. The summed E-state index contributed by atoms with van der Waals surface area (Å²) in [7, 11) is -4.09. The number of nitrogens with zero attached hydrogens (tertiary/aromatic N) is 1. The van der Waals surface area contributed by atoms with Gasteiger partial charge in [-0.1, -0.05) is 41.7 Å². The fourth-order valence-corrected chi connectivity index (χ4v) is 4.14. The van der Waals surface area contributed by atoms with Gasteiger partial charge in [0, 0.05) is 26.8 Å². The summed E-state index contributed by atoms with van der Waals surface area (Å²) in [6.45, 7) is 3.81. The second-order valence-electron chi connectivity index (χ2n) is 6.01. The highest BCUT2D eigenvalue weighted by Gasteiger charge is 2.26. The van der Waals surface area contributed by atoms with Crippen molar-refractivity contribution in [3.63, 3.8) is 0 Å². The number of nitrogens with one attached hydrogen (secondary N) is 2. The van der Waals surface area contributed by atoms with Crippen molar-refractivity contribution in [3.05, 3.63) is 68.3 Å². The number of allylic oxidation sites excluding steroid dienone is 1. The van der Waals surface area contributed by atoms with Crippen molar-refractivity contribution in [2.45, 2.75) is 31.2 Å². The average Bonchev–Trinajstić information content (AvgIpc) is 2.61. The van der Waals surface area contributed by atoms with Crippen molar-refractivity contribution in [3.8, 4) is 6.07 Å². The minimum absolute atomic E-state index is 0.0390. The first-order chi connectivity index (χ1) is 13.2. The number of benzene rings is 2. The van der Waals surface area contributed by atoms with Crippen LogP contribution in [-0.4, -0.2) is 14.5 Å². The Balaban J connectivity index is 2.60. The summed E-state index contributed by atoms with van der Waals surface area (Å²) in [5.74, 6) is 0.0464. The molecule has 2 aromatic rings. The molecule has 0 heterocycles. The van der Waals surface area contributed by atoms with E-state index in [1.54, 1.807) is 24.3 Å². The molecule has 2 N–H and O–H groups in total. The van der Waals surface area contributed by atoms with E-state index in [9.17, 15) is 13.7 Å². The molecule has 9 heteroatoms. The summed E-state index contributed by atoms with van der Waals surface area (Å²) in [5, 5.41) is 16.8. The van der Waals surface area contributed by atoms with E-state index in [-0.39, 0.29) is 16.8 Å². The molecule has 0 aliphatic heterocycles. The zero-order valence-electron chi connectivity index (χ0n) is 15.1. The van der Waals surface area contributed by atoms with Crippen molar-refractivity contribution < 1.29 is 8.42 Å². The molecular formula is C19H18Cl3N3O2S. The summed E-state index contributed by atoms with van der Waals surface area (Å²) >= 11 is 17.9. The fourth-order valence-electron chi connectivity index (χ4n) is 2.26. The molecule has 2 rings (SSSR count). The Morgan fingerprint density at radius 3 is 2.14 bits per heavy atom. The van der Waals surface area contributed by atoms with Crippen molar-refractivity contribution in [1.82, 2.24) is 5.32 Å². The molecule has 148 valence electrons. The molecule has 1 unspecified atom stereocenters. The van der Waals surface area contributed by atoms with Gasteiger partial charge in [0.2, 0.25) is 9.84 Å². The van der Waals surface area contributed by atoms with E-state index in [4.69, 9.17) is 34.8 Å². The number of rotatable bonds is 7. The van der Waals surface area contributed by atoms with E-state index in [0.717, 1.165) is 0 Å². The Morgan fingerprint density at radius 1 is 1.07 bits per heavy atom. The summed E-state index contributed by atoms with van der Waals surface area (Å²) in [4.78, 5) is -0.492. The van der Waals surface area contributed by atoms with Crippen LogP contribution in [0.2, 0.25) is 15.1 Å². The molecule has 1 atom stereocenters. The van der Waals surface area contributed by atoms with Gasteiger partial charge in [-0.15, -0.1) is 0 Å². The first kappa shape index (κ1) is 22.4. The molecule has 0 aliphatic rings. The third-order valence-electron chi connectivity index (χ3n) is 3.86. The third-order valence-corrected chi connectivity index (χ3v) is 6.27. The predicted molar refractivity (Wildman–Crippen MR) is 114 cm³/mol. The van der Waals surface area contributed by atoms with Crippen LogP contribution in [0.5, 0.6) is 0 Å². The quantitative estimate of drug-likeness (QED) is 0.527. The van der Waals surface area contributed by atoms with Gasteiger partial charge in [-0.25, -0.2) is 8.42 Å². The van der Waals surface area contributed by atoms with Gasteiger partial charge < -0.3 is 10.6 Å². The Bertz CT molecular complexity index is 1010. The van der Waals surface area contributed by atoms with E-state index in [1.165, 1.54) is 24.3 Å². The Morgan fingerprint density at radius 2 is 1.64 bits per heavy atom. The second kappa shape index (κ2) is 9.53. The first-order valence-electron chi connectivity index (χ1n) is 8.32. The van der Waals surface area contributed by atoms with Crippen LogP contribution < -0.4 is 10.6 Å². The second-order valence-corrected chi connectivity index (χ2v) is 9.21. The van der Waals surface area contributed by atoms with E-state index in [1.807, 2.05) is 13.8 Å². The molecule has 28 heavy (non-hydrogen) atoms. The summed E-state index contributed by atoms with van der Waals surface area (Å²) in [6, 6.07) is 12.0. The molecule has 0 fully saturated rings. The first-order valence-corrected chi connectivity index (χ1v) is 10.9. The lowest BCUT2D eigenvalue weighted by Crippen LogP contribution is -2.31. The number of halogens is 3. The summed E-state index contributed by atoms with van der Waals surface area (Å²) in [6.07, 6.45) is 0.710. The maximum Gasteiger partial charge on any atom is 0.220 e. The van der Waals surface area contributed by atoms with Crippen molar-refractivity contribution in [1.29, 1.82) is 5.26 Å². The number of sulfone groups is 1. The van der Waals surface area contributed by atoms with Crippen LogP contribution in [0.15, 0.2) is 58.1 Å². The average molecular weight is 459 g/mol. The Kier molecular flexibility index (Phi) is 7.62. The van der Waals surface area contributed by atoms with E-state index in [2.05, 4.69) is 10.6 Å². The maximum absolute atomic E-state index is 13.1. The lowest BCUT2D eigenvalue weighted by atomic mass is 10.2. The van der Waals surface area contributed by atoms with Gasteiger partial charge in [0.15, 0.2) is 4.91 Å². The monoisotopic (exact) mass is 457 g/mol. The normalized spacial score (nSPS) is 13.3. The van der Waals surface area contributed by atoms with E-state index < -0.39 is 14.7 Å². The number of hydrogen-bond acceptors (Lipinski definition) is 5. The fraction of sp³-hybridized carbons (Fsp3) is 0.211. The molecule has 0 spiro atoms. The van der Waals surface area contributed by atoms with Crippen LogP contribution in [0.3, 0.4) is 0 Å². The lowest BCUT2D eigenvalue weighted by Gasteiger charge is -2.20. The molecule has 0 bridgehead atoms. The molecular weight excluding hydrogens is 441 g/mol. The Labute approximate surface area is 179 Å². The maximum atomic E-state index is 13.1. The molecule has 0 saturated heterocycles. The van der Waals surface area contributed by atoms with E-state index in [0.29, 0.717) is 27.2 Å². The van der Waals surface area contributed by atoms with Crippen molar-refractivity contribution in [2.24, 2.45) is 0 Å². The van der Waals surface area contributed by atoms with Gasteiger partial charge in [-0.05, 0) is 55.8 Å². The Hall–Kier alpha value is -1.91. The van der Waals surface area contributed by atoms with Crippen LogP contribution in [0.25, 0.3) is 0 Å². The lowest BCUT2D eigenvalue weighted by molar-refractivity contribution is 0.589. The largest absolute Gasteiger partial charge is 0.367 e. The minimum Gasteiger partial charge on any atom is -0.367 e. The molecule has 0 amide bonds. The molecule has 5 nitrogen and oxygen atoms in total. The zero-order valence-corrected chi connectivity index (χ0v) is 18.2. The molecule has 0 saturated carbocycles. The molecule has 0 aliphatic carbocycles. The highest BCUT2D eigenvalue weighted by Crippen LogP contribution is 2.27. The highest BCUT2D eigenvalue weighted by molar-refractivity contribution is 7.95. The number of hydrogen-bond donors (Lipinski definition) is 2. The third kappa shape index (κ3) is 5.55. The van der Waals surface area contributed by atoms with Crippen LogP contribution in [-0.2, 0) is 9.84 Å². The summed E-state index contributed by atoms with van der Waals surface area (Å²) in [5.41, 5.74) is 0.447. The van der Waals surface area contributed by atoms with E-state index >= 15 is 0 Å². The summed E-state index contributed by atoms with van der Waals surface area (Å²) < 4.78 is 26.1. The van der Waals surface area contributed by atoms with Gasteiger partial charge in [0.25, 0.3) is 0 Å². The van der Waals surface area contributed by atoms with Crippen LogP contribution in [0.4, 0.5) is 5.69 Å². The standard InChI is InChI=1S/C19H18Cl3N3O2S/c1-3-12(2)24-19(25-16-9-14(21)8-15(22)10-16)18(11-23)28(26,27)17-6-4-13(20)5-7-17/h4-10,12,24-25H,3H2,1-2H3. The van der Waals surface area contributed by atoms with Crippen LogP contribution >= 0.6 is 34.8 Å². The van der Waals surface area contributed by atoms with Gasteiger partial charge >= 0.3 is 0 Å². The van der Waals surface area contributed by atoms with Crippen LogP contribution in [0, 0.1) is 11.3 Å². The van der Waals surface area contributed by atoms with Gasteiger partial charge in [-0.2, -0.15) is 5.26 Å². The molecule has 2 aromatic carbocycles. The van der Waals surface area contributed by atoms with Crippen molar-refractivity contribution >= 4 is 50.3 Å². The molecule has 0 aromatic heterocycles. The highest BCUT2D eigenvalue weighted by atomic mass is 35.5. The zero-order chi connectivity index (χ0) is 20.9. The van der Waals surface area contributed by atoms with Gasteiger partial charge in [0.1, 0.15) is 11.9 Å². The van der Waals surface area contributed by atoms with Gasteiger partial charge in [-0.3, -0.25) is 0 Å². The SMILES string of the molecule is CCC(C)NC(Nc1cc(Cl)cc(Cl)c1)=C(C#N)S(=O)(=O)c1ccc(Cl)cc1.